The van der Waals surface area contributed by atoms with Crippen molar-refractivity contribution in [1.29, 1.82) is 0 Å². The van der Waals surface area contributed by atoms with E-state index in [0.29, 0.717) is 0 Å². The first-order chi connectivity index (χ1) is 10.9. The van der Waals surface area contributed by atoms with Gasteiger partial charge in [0, 0.05) is 6.04 Å². The maximum atomic E-state index is 12.7. The van der Waals surface area contributed by atoms with Crippen LogP contribution in [0.3, 0.4) is 0 Å². The third kappa shape index (κ3) is 3.52. The molecule has 1 aliphatic carbocycles. The van der Waals surface area contributed by atoms with Gasteiger partial charge >= 0.3 is 0 Å². The van der Waals surface area contributed by atoms with Crippen LogP contribution < -0.4 is 4.72 Å². The van der Waals surface area contributed by atoms with Crippen LogP contribution in [0.1, 0.15) is 30.0 Å². The van der Waals surface area contributed by atoms with Gasteiger partial charge in [0.2, 0.25) is 10.0 Å². The van der Waals surface area contributed by atoms with Crippen molar-refractivity contribution < 1.29 is 8.42 Å². The Morgan fingerprint density at radius 3 is 2.48 bits per heavy atom. The molecule has 3 nitrogen and oxygen atoms in total. The summed E-state index contributed by atoms with van der Waals surface area (Å²) < 4.78 is 28.1. The maximum absolute atomic E-state index is 12.7. The van der Waals surface area contributed by atoms with Crippen molar-refractivity contribution >= 4 is 44.8 Å². The van der Waals surface area contributed by atoms with Crippen molar-refractivity contribution in [2.24, 2.45) is 0 Å². The number of benzene rings is 2. The van der Waals surface area contributed by atoms with Gasteiger partial charge in [0.1, 0.15) is 4.90 Å². The molecule has 7 heteroatoms. The van der Waals surface area contributed by atoms with Gasteiger partial charge in [-0.2, -0.15) is 0 Å². The van der Waals surface area contributed by atoms with E-state index >= 15 is 0 Å². The number of halogens is 3. The van der Waals surface area contributed by atoms with Gasteiger partial charge in [-0.15, -0.1) is 0 Å². The summed E-state index contributed by atoms with van der Waals surface area (Å²) in [5.41, 5.74) is 2.19. The second kappa shape index (κ2) is 6.61. The molecule has 1 atom stereocenters. The number of nitrogens with one attached hydrogen (secondary N) is 1. The van der Waals surface area contributed by atoms with Crippen LogP contribution >= 0.6 is 34.8 Å². The fourth-order valence-electron chi connectivity index (χ4n) is 2.84. The summed E-state index contributed by atoms with van der Waals surface area (Å²) in [6.07, 6.45) is 2.64. The van der Waals surface area contributed by atoms with Crippen LogP contribution in [0.4, 0.5) is 0 Å². The summed E-state index contributed by atoms with van der Waals surface area (Å²) in [5.74, 6) is 0. The highest BCUT2D eigenvalue weighted by molar-refractivity contribution is 7.89. The van der Waals surface area contributed by atoms with Crippen molar-refractivity contribution in [2.45, 2.75) is 30.2 Å². The summed E-state index contributed by atoms with van der Waals surface area (Å²) in [6.45, 7) is 0. The largest absolute Gasteiger partial charge is 0.242 e. The average Bonchev–Trinajstić information content (AvgIpc) is 2.51. The fourth-order valence-corrected chi connectivity index (χ4v) is 5.09. The van der Waals surface area contributed by atoms with E-state index < -0.39 is 10.0 Å². The molecule has 0 spiro atoms. The lowest BCUT2D eigenvalue weighted by atomic mass is 9.88. The summed E-state index contributed by atoms with van der Waals surface area (Å²) in [7, 11) is -3.80. The quantitative estimate of drug-likeness (QED) is 0.749. The maximum Gasteiger partial charge on any atom is 0.242 e. The van der Waals surface area contributed by atoms with Crippen LogP contribution in [0.15, 0.2) is 41.3 Å². The Morgan fingerprint density at radius 1 is 1.00 bits per heavy atom. The first kappa shape index (κ1) is 17.1. The van der Waals surface area contributed by atoms with Gasteiger partial charge in [0.15, 0.2) is 0 Å². The van der Waals surface area contributed by atoms with Crippen molar-refractivity contribution in [1.82, 2.24) is 4.72 Å². The van der Waals surface area contributed by atoms with E-state index in [1.165, 1.54) is 17.7 Å². The van der Waals surface area contributed by atoms with E-state index in [1.54, 1.807) is 0 Å². The lowest BCUT2D eigenvalue weighted by Crippen LogP contribution is -2.31. The molecule has 0 heterocycles. The molecular formula is C16H14Cl3NO2S. The Hall–Kier alpha value is -0.780. The fraction of sp³-hybridized carbons (Fsp3) is 0.250. The predicted octanol–water partition coefficient (Wildman–Crippen LogP) is 5.00. The summed E-state index contributed by atoms with van der Waals surface area (Å²) in [6, 6.07) is 10.2. The van der Waals surface area contributed by atoms with Gasteiger partial charge in [-0.3, -0.25) is 0 Å². The molecule has 0 radical (unpaired) electrons. The zero-order valence-electron chi connectivity index (χ0n) is 12.0. The van der Waals surface area contributed by atoms with Crippen molar-refractivity contribution in [3.05, 3.63) is 62.6 Å². The normalized spacial score (nSPS) is 17.8. The topological polar surface area (TPSA) is 46.2 Å². The van der Waals surface area contributed by atoms with E-state index in [9.17, 15) is 8.42 Å². The number of hydrogen-bond acceptors (Lipinski definition) is 2. The Kier molecular flexibility index (Phi) is 4.90. The smallest absolute Gasteiger partial charge is 0.207 e. The van der Waals surface area contributed by atoms with Crippen LogP contribution in [0.25, 0.3) is 0 Å². The minimum absolute atomic E-state index is 0.0518. The second-order valence-electron chi connectivity index (χ2n) is 5.46. The zero-order chi connectivity index (χ0) is 16.6. The number of hydrogen-bond donors (Lipinski definition) is 1. The lowest BCUT2D eigenvalue weighted by molar-refractivity contribution is 0.507. The van der Waals surface area contributed by atoms with Crippen molar-refractivity contribution in [3.63, 3.8) is 0 Å². The predicted molar refractivity (Wildman–Crippen MR) is 93.9 cm³/mol. The molecule has 0 aliphatic heterocycles. The minimum atomic E-state index is -3.80. The van der Waals surface area contributed by atoms with Crippen LogP contribution in [0, 0.1) is 0 Å². The highest BCUT2D eigenvalue weighted by Gasteiger charge is 2.27. The number of sulfonamides is 1. The molecule has 0 saturated carbocycles. The molecule has 1 N–H and O–H groups in total. The first-order valence-corrected chi connectivity index (χ1v) is 9.75. The first-order valence-electron chi connectivity index (χ1n) is 7.13. The third-order valence-electron chi connectivity index (χ3n) is 3.93. The molecule has 3 rings (SSSR count). The number of fused-ring (bicyclic) bond motifs is 1. The molecule has 0 aromatic heterocycles. The Morgan fingerprint density at radius 2 is 1.70 bits per heavy atom. The SMILES string of the molecule is O=S(=O)(NC1CCCc2ccccc21)c1cc(Cl)c(Cl)cc1Cl. The Labute approximate surface area is 150 Å². The summed E-state index contributed by atoms with van der Waals surface area (Å²) in [5, 5.41) is 0.426. The van der Waals surface area contributed by atoms with Crippen LogP contribution in [0.5, 0.6) is 0 Å². The third-order valence-corrected chi connectivity index (χ3v) is 6.59. The highest BCUT2D eigenvalue weighted by atomic mass is 35.5. The molecule has 1 aliphatic rings. The molecule has 0 bridgehead atoms. The highest BCUT2D eigenvalue weighted by Crippen LogP contribution is 2.34. The van der Waals surface area contributed by atoms with Crippen molar-refractivity contribution in [3.8, 4) is 0 Å². The number of rotatable bonds is 3. The Bertz CT molecular complexity index is 852. The van der Waals surface area contributed by atoms with E-state index in [2.05, 4.69) is 4.72 Å². The minimum Gasteiger partial charge on any atom is -0.207 e. The van der Waals surface area contributed by atoms with Crippen LogP contribution in [-0.4, -0.2) is 8.42 Å². The molecule has 1 unspecified atom stereocenters. The molecule has 23 heavy (non-hydrogen) atoms. The van der Waals surface area contributed by atoms with Crippen molar-refractivity contribution in [2.75, 3.05) is 0 Å². The van der Waals surface area contributed by atoms with E-state index in [1.807, 2.05) is 24.3 Å². The van der Waals surface area contributed by atoms with Gasteiger partial charge in [-0.25, -0.2) is 13.1 Å². The summed E-state index contributed by atoms with van der Waals surface area (Å²) in [4.78, 5) is -0.0587. The number of aryl methyl sites for hydroxylation is 1. The lowest BCUT2D eigenvalue weighted by Gasteiger charge is -2.26. The molecule has 0 amide bonds. The van der Waals surface area contributed by atoms with Gasteiger partial charge in [0.05, 0.1) is 15.1 Å². The molecule has 2 aromatic rings. The molecule has 0 fully saturated rings. The molecular weight excluding hydrogens is 377 g/mol. The second-order valence-corrected chi connectivity index (χ2v) is 8.37. The van der Waals surface area contributed by atoms with E-state index in [4.69, 9.17) is 34.8 Å². The van der Waals surface area contributed by atoms with Crippen LogP contribution in [0.2, 0.25) is 15.1 Å². The molecule has 2 aromatic carbocycles. The summed E-state index contributed by atoms with van der Waals surface area (Å²) >= 11 is 17.8. The molecule has 0 saturated heterocycles. The van der Waals surface area contributed by atoms with Crippen LogP contribution in [-0.2, 0) is 16.4 Å². The molecule has 122 valence electrons. The zero-order valence-corrected chi connectivity index (χ0v) is 15.1. The van der Waals surface area contributed by atoms with Gasteiger partial charge in [-0.1, -0.05) is 59.1 Å². The van der Waals surface area contributed by atoms with E-state index in [0.717, 1.165) is 24.8 Å². The van der Waals surface area contributed by atoms with Gasteiger partial charge < -0.3 is 0 Å². The van der Waals surface area contributed by atoms with Gasteiger partial charge in [-0.05, 0) is 42.5 Å². The standard InChI is InChI=1S/C16H14Cl3NO2S/c17-12-8-14(19)16(9-13(12)18)23(21,22)20-15-7-3-5-10-4-1-2-6-11(10)15/h1-2,4,6,8-9,15,20H,3,5,7H2. The van der Waals surface area contributed by atoms with E-state index in [-0.39, 0.29) is 26.0 Å². The Balaban J connectivity index is 1.96. The van der Waals surface area contributed by atoms with Gasteiger partial charge in [0.25, 0.3) is 0 Å². The average molecular weight is 391 g/mol. The monoisotopic (exact) mass is 389 g/mol.